The number of nitrogens with one attached hydrogen (secondary N) is 1. The van der Waals surface area contributed by atoms with Crippen LogP contribution in [-0.4, -0.2) is 28.0 Å². The second kappa shape index (κ2) is 9.85. The Kier molecular flexibility index (Phi) is 7.20. The number of halogens is 1. The van der Waals surface area contributed by atoms with Crippen LogP contribution in [0.4, 0.5) is 5.69 Å². The molecule has 0 heterocycles. The zero-order valence-electron chi connectivity index (χ0n) is 17.2. The third kappa shape index (κ3) is 5.77. The molecular formula is C23H23ClN2O4S. The number of nitrogens with zero attached hydrogens (tertiary/aromatic N) is 1. The van der Waals surface area contributed by atoms with E-state index < -0.39 is 15.9 Å². The first kappa shape index (κ1) is 22.7. The van der Waals surface area contributed by atoms with Crippen molar-refractivity contribution in [3.8, 4) is 5.75 Å². The van der Waals surface area contributed by atoms with Crippen LogP contribution in [0.25, 0.3) is 0 Å². The highest BCUT2D eigenvalue weighted by molar-refractivity contribution is 7.92. The van der Waals surface area contributed by atoms with Crippen LogP contribution in [0, 0.1) is 6.92 Å². The number of carbonyl (C=O) groups excluding carboxylic acids is 1. The van der Waals surface area contributed by atoms with Crippen molar-refractivity contribution >= 4 is 33.2 Å². The summed E-state index contributed by atoms with van der Waals surface area (Å²) < 4.78 is 32.9. The molecule has 3 aromatic carbocycles. The fraction of sp³-hybridized carbons (Fsp3) is 0.174. The first-order chi connectivity index (χ1) is 14.8. The molecule has 0 atom stereocenters. The molecule has 3 aromatic rings. The van der Waals surface area contributed by atoms with Crippen molar-refractivity contribution < 1.29 is 17.9 Å². The summed E-state index contributed by atoms with van der Waals surface area (Å²) in [5, 5.41) is 3.15. The van der Waals surface area contributed by atoms with Crippen LogP contribution in [0.1, 0.15) is 11.1 Å². The molecule has 162 valence electrons. The highest BCUT2D eigenvalue weighted by Gasteiger charge is 2.27. The maximum Gasteiger partial charge on any atom is 0.264 e. The Hall–Kier alpha value is -3.03. The molecule has 6 nitrogen and oxygen atoms in total. The van der Waals surface area contributed by atoms with E-state index in [9.17, 15) is 13.2 Å². The van der Waals surface area contributed by atoms with Gasteiger partial charge in [0.05, 0.1) is 17.7 Å². The number of aryl methyl sites for hydroxylation is 1. The lowest BCUT2D eigenvalue weighted by Gasteiger charge is -2.24. The van der Waals surface area contributed by atoms with Crippen molar-refractivity contribution in [2.75, 3.05) is 18.0 Å². The van der Waals surface area contributed by atoms with Gasteiger partial charge in [-0.15, -0.1) is 0 Å². The quantitative estimate of drug-likeness (QED) is 0.549. The Balaban J connectivity index is 1.86. The lowest BCUT2D eigenvalue weighted by atomic mass is 10.1. The Morgan fingerprint density at radius 2 is 1.74 bits per heavy atom. The van der Waals surface area contributed by atoms with E-state index in [0.717, 1.165) is 15.4 Å². The van der Waals surface area contributed by atoms with Crippen LogP contribution in [-0.2, 0) is 21.4 Å². The molecule has 1 N–H and O–H groups in total. The van der Waals surface area contributed by atoms with E-state index in [1.54, 1.807) is 30.3 Å². The SMILES string of the molecule is COc1ccc(S(=O)(=O)N(CC(=O)NCc2cccc(C)c2)c2cccc(Cl)c2)cc1. The van der Waals surface area contributed by atoms with Gasteiger partial charge < -0.3 is 10.1 Å². The van der Waals surface area contributed by atoms with Crippen LogP contribution >= 0.6 is 11.6 Å². The fourth-order valence-corrected chi connectivity index (χ4v) is 4.63. The minimum Gasteiger partial charge on any atom is -0.497 e. The number of benzene rings is 3. The Bertz CT molecular complexity index is 1160. The molecule has 0 aliphatic carbocycles. The summed E-state index contributed by atoms with van der Waals surface area (Å²) in [7, 11) is -2.52. The molecule has 0 saturated heterocycles. The van der Waals surface area contributed by atoms with Crippen LogP contribution in [0.2, 0.25) is 5.02 Å². The van der Waals surface area contributed by atoms with Gasteiger partial charge in [-0.3, -0.25) is 9.10 Å². The summed E-state index contributed by atoms with van der Waals surface area (Å²) in [6.07, 6.45) is 0. The van der Waals surface area contributed by atoms with E-state index in [1.165, 1.54) is 25.3 Å². The van der Waals surface area contributed by atoms with Crippen LogP contribution in [0.5, 0.6) is 5.75 Å². The van der Waals surface area contributed by atoms with Gasteiger partial charge in [0.2, 0.25) is 5.91 Å². The minimum absolute atomic E-state index is 0.0414. The average molecular weight is 459 g/mol. The maximum absolute atomic E-state index is 13.4. The molecule has 0 spiro atoms. The lowest BCUT2D eigenvalue weighted by molar-refractivity contribution is -0.119. The van der Waals surface area contributed by atoms with Gasteiger partial charge in [0.1, 0.15) is 12.3 Å². The van der Waals surface area contributed by atoms with Gasteiger partial charge in [0.25, 0.3) is 10.0 Å². The second-order valence-corrected chi connectivity index (χ2v) is 9.23. The van der Waals surface area contributed by atoms with Crippen molar-refractivity contribution in [1.82, 2.24) is 5.32 Å². The molecule has 0 aliphatic rings. The van der Waals surface area contributed by atoms with Gasteiger partial charge >= 0.3 is 0 Å². The number of hydrogen-bond donors (Lipinski definition) is 1. The molecule has 1 amide bonds. The van der Waals surface area contributed by atoms with Crippen molar-refractivity contribution in [2.45, 2.75) is 18.4 Å². The van der Waals surface area contributed by atoms with Crippen molar-refractivity contribution in [2.24, 2.45) is 0 Å². The zero-order chi connectivity index (χ0) is 22.4. The summed E-state index contributed by atoms with van der Waals surface area (Å²) in [5.74, 6) is 0.0997. The molecule has 8 heteroatoms. The van der Waals surface area contributed by atoms with Crippen molar-refractivity contribution in [1.29, 1.82) is 0 Å². The van der Waals surface area contributed by atoms with E-state index in [4.69, 9.17) is 16.3 Å². The monoisotopic (exact) mass is 458 g/mol. The van der Waals surface area contributed by atoms with E-state index in [-0.39, 0.29) is 11.4 Å². The smallest absolute Gasteiger partial charge is 0.264 e. The maximum atomic E-state index is 13.4. The molecule has 31 heavy (non-hydrogen) atoms. The third-order valence-corrected chi connectivity index (χ3v) is 6.63. The highest BCUT2D eigenvalue weighted by Crippen LogP contribution is 2.27. The summed E-state index contributed by atoms with van der Waals surface area (Å²) in [6.45, 7) is 1.88. The number of rotatable bonds is 8. The molecule has 0 radical (unpaired) electrons. The molecule has 0 aromatic heterocycles. The summed E-state index contributed by atoms with van der Waals surface area (Å²) in [4.78, 5) is 12.7. The van der Waals surface area contributed by atoms with E-state index in [2.05, 4.69) is 5.32 Å². The number of amides is 1. The van der Waals surface area contributed by atoms with Crippen LogP contribution in [0.3, 0.4) is 0 Å². The Labute approximate surface area is 187 Å². The summed E-state index contributed by atoms with van der Waals surface area (Å²) in [5.41, 5.74) is 2.31. The van der Waals surface area contributed by atoms with Crippen molar-refractivity contribution in [3.05, 3.63) is 88.9 Å². The van der Waals surface area contributed by atoms with Crippen molar-refractivity contribution in [3.63, 3.8) is 0 Å². The first-order valence-corrected chi connectivity index (χ1v) is 11.4. The van der Waals surface area contributed by atoms with Crippen LogP contribution in [0.15, 0.2) is 77.7 Å². The van der Waals surface area contributed by atoms with Gasteiger partial charge in [-0.1, -0.05) is 47.5 Å². The Morgan fingerprint density at radius 1 is 1.03 bits per heavy atom. The van der Waals surface area contributed by atoms with Gasteiger partial charge in [-0.2, -0.15) is 0 Å². The van der Waals surface area contributed by atoms with Gasteiger partial charge in [0.15, 0.2) is 0 Å². The number of methoxy groups -OCH3 is 1. The topological polar surface area (TPSA) is 75.7 Å². The standard InChI is InChI=1S/C23H23ClN2O4S/c1-17-5-3-6-18(13-17)15-25-23(27)16-26(20-8-4-7-19(24)14-20)31(28,29)22-11-9-21(30-2)10-12-22/h3-14H,15-16H2,1-2H3,(H,25,27). The Morgan fingerprint density at radius 3 is 2.39 bits per heavy atom. The van der Waals surface area contributed by atoms with E-state index >= 15 is 0 Å². The summed E-state index contributed by atoms with van der Waals surface area (Å²) in [6, 6.07) is 20.1. The van der Waals surface area contributed by atoms with E-state index in [0.29, 0.717) is 23.0 Å². The molecule has 0 saturated carbocycles. The molecule has 0 bridgehead atoms. The third-order valence-electron chi connectivity index (χ3n) is 4.60. The zero-order valence-corrected chi connectivity index (χ0v) is 18.8. The first-order valence-electron chi connectivity index (χ1n) is 9.54. The molecule has 0 aliphatic heterocycles. The largest absolute Gasteiger partial charge is 0.497 e. The minimum atomic E-state index is -4.02. The summed E-state index contributed by atoms with van der Waals surface area (Å²) >= 11 is 6.08. The molecule has 0 unspecified atom stereocenters. The van der Waals surface area contributed by atoms with Gasteiger partial charge in [-0.25, -0.2) is 8.42 Å². The molecular weight excluding hydrogens is 436 g/mol. The number of sulfonamides is 1. The number of hydrogen-bond acceptors (Lipinski definition) is 4. The molecule has 3 rings (SSSR count). The lowest BCUT2D eigenvalue weighted by Crippen LogP contribution is -2.40. The number of anilines is 1. The van der Waals surface area contributed by atoms with E-state index in [1.807, 2.05) is 31.2 Å². The number of carbonyl (C=O) groups is 1. The number of ether oxygens (including phenoxy) is 1. The van der Waals surface area contributed by atoms with Gasteiger partial charge in [-0.05, 0) is 55.0 Å². The predicted octanol–water partition coefficient (Wildman–Crippen LogP) is 4.17. The van der Waals surface area contributed by atoms with Gasteiger partial charge in [0, 0.05) is 11.6 Å². The molecule has 0 fully saturated rings. The average Bonchev–Trinajstić information content (AvgIpc) is 2.76. The highest BCUT2D eigenvalue weighted by atomic mass is 35.5. The second-order valence-electron chi connectivity index (χ2n) is 6.93. The predicted molar refractivity (Wildman–Crippen MR) is 122 cm³/mol. The fourth-order valence-electron chi connectivity index (χ4n) is 3.03. The normalized spacial score (nSPS) is 11.1. The van der Waals surface area contributed by atoms with Crippen LogP contribution < -0.4 is 14.4 Å².